The number of nitrogens with zero attached hydrogens (tertiary/aromatic N) is 3. The third-order valence-corrected chi connectivity index (χ3v) is 4.41. The zero-order chi connectivity index (χ0) is 15.0. The molecule has 0 radical (unpaired) electrons. The van der Waals surface area contributed by atoms with E-state index < -0.39 is 0 Å². The molecule has 5 heteroatoms. The standard InChI is InChI=1S/C16H34N4.HI/c1-5-19(6-2)16(17)18-13-15(14(3)4)20-11-9-7-8-10-12-20;/h14-15H,5-13H2,1-4H3,(H2,17,18);1H. The predicted octanol–water partition coefficient (Wildman–Crippen LogP) is 3.16. The Kier molecular flexibility index (Phi) is 11.5. The fraction of sp³-hybridized carbons (Fsp3) is 0.938. The lowest BCUT2D eigenvalue weighted by molar-refractivity contribution is 0.165. The highest BCUT2D eigenvalue weighted by Crippen LogP contribution is 2.17. The molecule has 0 spiro atoms. The Morgan fingerprint density at radius 2 is 1.62 bits per heavy atom. The van der Waals surface area contributed by atoms with Crippen LogP contribution in [0.5, 0.6) is 0 Å². The van der Waals surface area contributed by atoms with E-state index in [1.807, 2.05) is 0 Å². The molecule has 21 heavy (non-hydrogen) atoms. The zero-order valence-electron chi connectivity index (χ0n) is 14.3. The summed E-state index contributed by atoms with van der Waals surface area (Å²) in [6.45, 7) is 14.0. The predicted molar refractivity (Wildman–Crippen MR) is 103 cm³/mol. The highest BCUT2D eigenvalue weighted by Gasteiger charge is 2.22. The number of guanidine groups is 1. The van der Waals surface area contributed by atoms with Crippen molar-refractivity contribution in [2.24, 2.45) is 16.6 Å². The number of hydrogen-bond donors (Lipinski definition) is 1. The van der Waals surface area contributed by atoms with Crippen LogP contribution in [0, 0.1) is 5.92 Å². The smallest absolute Gasteiger partial charge is 0.191 e. The van der Waals surface area contributed by atoms with E-state index in [0.717, 1.165) is 19.6 Å². The zero-order valence-corrected chi connectivity index (χ0v) is 16.7. The molecule has 1 fully saturated rings. The lowest BCUT2D eigenvalue weighted by Crippen LogP contribution is -2.43. The van der Waals surface area contributed by atoms with Crippen LogP contribution in [0.3, 0.4) is 0 Å². The quantitative estimate of drug-likeness (QED) is 0.416. The van der Waals surface area contributed by atoms with Crippen LogP contribution in [-0.4, -0.2) is 54.5 Å². The van der Waals surface area contributed by atoms with E-state index >= 15 is 0 Å². The molecule has 0 aromatic rings. The molecule has 1 unspecified atom stereocenters. The molecular formula is C16H35IN4. The van der Waals surface area contributed by atoms with Crippen molar-refractivity contribution in [3.05, 3.63) is 0 Å². The van der Waals surface area contributed by atoms with Gasteiger partial charge in [0.1, 0.15) is 0 Å². The lowest BCUT2D eigenvalue weighted by Gasteiger charge is -2.33. The van der Waals surface area contributed by atoms with Crippen molar-refractivity contribution in [1.29, 1.82) is 0 Å². The highest BCUT2D eigenvalue weighted by molar-refractivity contribution is 14.0. The average Bonchev–Trinajstić information content (AvgIpc) is 2.69. The number of aliphatic imine (C=N–C) groups is 1. The van der Waals surface area contributed by atoms with E-state index in [2.05, 4.69) is 42.5 Å². The molecule has 4 nitrogen and oxygen atoms in total. The molecule has 0 amide bonds. The van der Waals surface area contributed by atoms with Crippen molar-refractivity contribution in [2.75, 3.05) is 32.7 Å². The summed E-state index contributed by atoms with van der Waals surface area (Å²) in [5, 5.41) is 0. The van der Waals surface area contributed by atoms with Gasteiger partial charge in [0.25, 0.3) is 0 Å². The highest BCUT2D eigenvalue weighted by atomic mass is 127. The molecule has 0 aliphatic carbocycles. The maximum Gasteiger partial charge on any atom is 0.191 e. The molecule has 1 heterocycles. The minimum Gasteiger partial charge on any atom is -0.370 e. The molecule has 2 N–H and O–H groups in total. The summed E-state index contributed by atoms with van der Waals surface area (Å²) in [5.74, 6) is 1.33. The SMILES string of the molecule is CCN(CC)C(N)=NCC(C(C)C)N1CCCCCC1.I. The van der Waals surface area contributed by atoms with Crippen LogP contribution in [0.25, 0.3) is 0 Å². The van der Waals surface area contributed by atoms with Crippen molar-refractivity contribution >= 4 is 29.9 Å². The van der Waals surface area contributed by atoms with Crippen molar-refractivity contribution in [3.8, 4) is 0 Å². The van der Waals surface area contributed by atoms with Crippen LogP contribution < -0.4 is 5.73 Å². The Hall–Kier alpha value is -0.0400. The summed E-state index contributed by atoms with van der Waals surface area (Å²) in [6.07, 6.45) is 5.43. The molecule has 126 valence electrons. The van der Waals surface area contributed by atoms with E-state index in [9.17, 15) is 0 Å². The van der Waals surface area contributed by atoms with E-state index in [4.69, 9.17) is 5.73 Å². The van der Waals surface area contributed by atoms with Gasteiger partial charge in [0.05, 0.1) is 6.54 Å². The van der Waals surface area contributed by atoms with Gasteiger partial charge in [-0.2, -0.15) is 0 Å². The molecule has 1 rings (SSSR count). The normalized spacial score (nSPS) is 19.0. The summed E-state index contributed by atoms with van der Waals surface area (Å²) in [6, 6.07) is 0.530. The van der Waals surface area contributed by atoms with Gasteiger partial charge in [-0.15, -0.1) is 24.0 Å². The van der Waals surface area contributed by atoms with Gasteiger partial charge in [-0.1, -0.05) is 26.7 Å². The maximum absolute atomic E-state index is 6.11. The van der Waals surface area contributed by atoms with Crippen LogP contribution in [0.15, 0.2) is 4.99 Å². The maximum atomic E-state index is 6.11. The number of likely N-dealkylation sites (tertiary alicyclic amines) is 1. The lowest BCUT2D eigenvalue weighted by atomic mass is 10.0. The first-order valence-corrected chi connectivity index (χ1v) is 8.39. The molecule has 0 aromatic heterocycles. The van der Waals surface area contributed by atoms with Crippen LogP contribution in [0.2, 0.25) is 0 Å². The number of rotatable bonds is 6. The van der Waals surface area contributed by atoms with Crippen LogP contribution in [-0.2, 0) is 0 Å². The first-order valence-electron chi connectivity index (χ1n) is 8.39. The summed E-state index contributed by atoms with van der Waals surface area (Å²) in [4.78, 5) is 9.43. The fourth-order valence-corrected chi connectivity index (χ4v) is 3.01. The Labute approximate surface area is 148 Å². The van der Waals surface area contributed by atoms with Crippen molar-refractivity contribution in [2.45, 2.75) is 59.4 Å². The van der Waals surface area contributed by atoms with Gasteiger partial charge in [0, 0.05) is 19.1 Å². The van der Waals surface area contributed by atoms with Crippen molar-refractivity contribution < 1.29 is 0 Å². The molecule has 1 aliphatic rings. The fourth-order valence-electron chi connectivity index (χ4n) is 3.01. The summed E-state index contributed by atoms with van der Waals surface area (Å²) in [5.41, 5.74) is 6.11. The Morgan fingerprint density at radius 3 is 2.05 bits per heavy atom. The second-order valence-electron chi connectivity index (χ2n) is 6.13. The van der Waals surface area contributed by atoms with Crippen molar-refractivity contribution in [3.63, 3.8) is 0 Å². The topological polar surface area (TPSA) is 44.9 Å². The van der Waals surface area contributed by atoms with Crippen LogP contribution >= 0.6 is 24.0 Å². The number of halogens is 1. The Balaban J connectivity index is 0.00000400. The van der Waals surface area contributed by atoms with Gasteiger partial charge in [0.2, 0.25) is 0 Å². The van der Waals surface area contributed by atoms with Gasteiger partial charge in [0.15, 0.2) is 5.96 Å². The van der Waals surface area contributed by atoms with E-state index in [1.165, 1.54) is 38.8 Å². The largest absolute Gasteiger partial charge is 0.370 e. The van der Waals surface area contributed by atoms with E-state index in [1.54, 1.807) is 0 Å². The molecule has 1 aliphatic heterocycles. The first-order chi connectivity index (χ1) is 9.60. The van der Waals surface area contributed by atoms with Gasteiger partial charge in [-0.3, -0.25) is 9.89 Å². The van der Waals surface area contributed by atoms with Gasteiger partial charge in [-0.05, 0) is 45.7 Å². The Bertz CT molecular complexity index is 282. The molecule has 0 aromatic carbocycles. The minimum absolute atomic E-state index is 0. The number of hydrogen-bond acceptors (Lipinski definition) is 2. The Morgan fingerprint density at radius 1 is 1.10 bits per heavy atom. The summed E-state index contributed by atoms with van der Waals surface area (Å²) >= 11 is 0. The molecule has 1 atom stereocenters. The minimum atomic E-state index is 0. The van der Waals surface area contributed by atoms with Crippen LogP contribution in [0.1, 0.15) is 53.4 Å². The van der Waals surface area contributed by atoms with E-state index in [0.29, 0.717) is 17.9 Å². The van der Waals surface area contributed by atoms with Crippen LogP contribution in [0.4, 0.5) is 0 Å². The average molecular weight is 410 g/mol. The second kappa shape index (κ2) is 11.5. The third-order valence-electron chi connectivity index (χ3n) is 4.41. The van der Waals surface area contributed by atoms with Crippen molar-refractivity contribution in [1.82, 2.24) is 9.80 Å². The molecular weight excluding hydrogens is 375 g/mol. The van der Waals surface area contributed by atoms with Gasteiger partial charge in [-0.25, -0.2) is 0 Å². The van der Waals surface area contributed by atoms with Gasteiger partial charge < -0.3 is 10.6 Å². The van der Waals surface area contributed by atoms with E-state index in [-0.39, 0.29) is 24.0 Å². The first kappa shape index (κ1) is 21.0. The third kappa shape index (κ3) is 7.17. The molecule has 0 bridgehead atoms. The number of nitrogens with two attached hydrogens (primary N) is 1. The molecule has 0 saturated carbocycles. The summed E-state index contributed by atoms with van der Waals surface area (Å²) in [7, 11) is 0. The van der Waals surface area contributed by atoms with Gasteiger partial charge >= 0.3 is 0 Å². The molecule has 1 saturated heterocycles. The monoisotopic (exact) mass is 410 g/mol. The second-order valence-corrected chi connectivity index (χ2v) is 6.13. The summed E-state index contributed by atoms with van der Waals surface area (Å²) < 4.78 is 0.